The lowest BCUT2D eigenvalue weighted by atomic mass is 9.91. The summed E-state index contributed by atoms with van der Waals surface area (Å²) in [7, 11) is 0. The fourth-order valence-electron chi connectivity index (χ4n) is 1.56. The fraction of sp³-hybridized carbons (Fsp3) is 0.857. The first-order chi connectivity index (χ1) is 5.22. The topological polar surface area (TPSA) is 49.3 Å². The highest BCUT2D eigenvalue weighted by Gasteiger charge is 2.45. The summed E-state index contributed by atoms with van der Waals surface area (Å²) in [6, 6.07) is -0.305. The summed E-state index contributed by atoms with van der Waals surface area (Å²) in [5, 5.41) is 11.9. The molecule has 2 aliphatic rings. The Labute approximate surface area is 69.5 Å². The van der Waals surface area contributed by atoms with E-state index < -0.39 is 5.97 Å². The van der Waals surface area contributed by atoms with E-state index in [2.05, 4.69) is 5.32 Å². The maximum Gasteiger partial charge on any atom is 0.321 e. The second-order valence-electron chi connectivity index (χ2n) is 3.19. The molecule has 1 heterocycles. The molecule has 0 radical (unpaired) electrons. The standard InChI is InChI=1S/C7H11NO2S/c9-6(10)5-4-11-7(8-5)2-1-3-7/h5,8H,1-4H2,(H,9,10)/t5-/m1/s1. The first-order valence-corrected chi connectivity index (χ1v) is 4.85. The summed E-state index contributed by atoms with van der Waals surface area (Å²) in [4.78, 5) is 10.7. The van der Waals surface area contributed by atoms with Gasteiger partial charge in [-0.2, -0.15) is 0 Å². The summed E-state index contributed by atoms with van der Waals surface area (Å²) in [6.45, 7) is 0. The molecule has 0 aromatic carbocycles. The molecular weight excluding hydrogens is 162 g/mol. The van der Waals surface area contributed by atoms with Crippen LogP contribution in [0.25, 0.3) is 0 Å². The van der Waals surface area contributed by atoms with Gasteiger partial charge in [0.15, 0.2) is 0 Å². The molecule has 2 rings (SSSR count). The minimum absolute atomic E-state index is 0.156. The number of hydrogen-bond acceptors (Lipinski definition) is 3. The quantitative estimate of drug-likeness (QED) is 0.611. The van der Waals surface area contributed by atoms with Gasteiger partial charge in [0.25, 0.3) is 0 Å². The Morgan fingerprint density at radius 2 is 2.36 bits per heavy atom. The molecule has 1 aliphatic carbocycles. The average Bonchev–Trinajstić information content (AvgIpc) is 2.28. The van der Waals surface area contributed by atoms with Crippen molar-refractivity contribution in [1.29, 1.82) is 0 Å². The van der Waals surface area contributed by atoms with Gasteiger partial charge >= 0.3 is 5.97 Å². The molecule has 0 amide bonds. The molecule has 62 valence electrons. The number of nitrogens with one attached hydrogen (secondary N) is 1. The highest BCUT2D eigenvalue weighted by molar-refractivity contribution is 8.01. The molecule has 1 aliphatic heterocycles. The van der Waals surface area contributed by atoms with Crippen molar-refractivity contribution >= 4 is 17.7 Å². The van der Waals surface area contributed by atoms with Crippen LogP contribution in [0.4, 0.5) is 0 Å². The minimum atomic E-state index is -0.707. The molecule has 3 nitrogen and oxygen atoms in total. The van der Waals surface area contributed by atoms with E-state index in [1.807, 2.05) is 0 Å². The van der Waals surface area contributed by atoms with Crippen LogP contribution in [0.3, 0.4) is 0 Å². The fourth-order valence-corrected chi connectivity index (χ4v) is 3.08. The third-order valence-corrected chi connectivity index (χ3v) is 4.00. The monoisotopic (exact) mass is 173 g/mol. The van der Waals surface area contributed by atoms with Crippen LogP contribution < -0.4 is 5.32 Å². The van der Waals surface area contributed by atoms with E-state index in [-0.39, 0.29) is 10.9 Å². The molecule has 1 saturated heterocycles. The van der Waals surface area contributed by atoms with Crippen LogP contribution in [0, 0.1) is 0 Å². The number of thioether (sulfide) groups is 1. The van der Waals surface area contributed by atoms with Crippen LogP contribution in [-0.4, -0.2) is 27.7 Å². The van der Waals surface area contributed by atoms with Crippen molar-refractivity contribution in [2.24, 2.45) is 0 Å². The van der Waals surface area contributed by atoms with E-state index >= 15 is 0 Å². The van der Waals surface area contributed by atoms with Crippen molar-refractivity contribution in [3.8, 4) is 0 Å². The predicted molar refractivity (Wildman–Crippen MR) is 43.6 cm³/mol. The van der Waals surface area contributed by atoms with E-state index in [0.29, 0.717) is 0 Å². The SMILES string of the molecule is O=C(O)[C@H]1CSC2(CCC2)N1. The molecule has 4 heteroatoms. The van der Waals surface area contributed by atoms with Gasteiger partial charge in [0.1, 0.15) is 6.04 Å². The third-order valence-electron chi connectivity index (χ3n) is 2.42. The second kappa shape index (κ2) is 2.38. The predicted octanol–water partition coefficient (Wildman–Crippen LogP) is 0.656. The molecule has 0 unspecified atom stereocenters. The van der Waals surface area contributed by atoms with Crippen LogP contribution in [0.1, 0.15) is 19.3 Å². The number of hydrogen-bond donors (Lipinski definition) is 2. The molecule has 0 aromatic rings. The van der Waals surface area contributed by atoms with Crippen LogP contribution in [-0.2, 0) is 4.79 Å². The number of carboxylic acid groups (broad SMARTS) is 1. The van der Waals surface area contributed by atoms with Gasteiger partial charge < -0.3 is 5.11 Å². The van der Waals surface area contributed by atoms with Gasteiger partial charge in [0, 0.05) is 5.75 Å². The zero-order valence-corrected chi connectivity index (χ0v) is 6.99. The Kier molecular flexibility index (Phi) is 1.61. The first kappa shape index (κ1) is 7.43. The van der Waals surface area contributed by atoms with Crippen molar-refractivity contribution in [3.05, 3.63) is 0 Å². The summed E-state index contributed by atoms with van der Waals surface area (Å²) in [6.07, 6.45) is 3.52. The maximum atomic E-state index is 10.6. The lowest BCUT2D eigenvalue weighted by Gasteiger charge is -2.37. The number of rotatable bonds is 1. The smallest absolute Gasteiger partial charge is 0.321 e. The van der Waals surface area contributed by atoms with E-state index in [1.165, 1.54) is 6.42 Å². The first-order valence-electron chi connectivity index (χ1n) is 3.86. The summed E-state index contributed by atoms with van der Waals surface area (Å²) >= 11 is 1.78. The number of carboxylic acids is 1. The van der Waals surface area contributed by atoms with Crippen molar-refractivity contribution < 1.29 is 9.90 Å². The maximum absolute atomic E-state index is 10.6. The Morgan fingerprint density at radius 1 is 1.64 bits per heavy atom. The molecule has 1 atom stereocenters. The van der Waals surface area contributed by atoms with Crippen LogP contribution in [0.15, 0.2) is 0 Å². The molecule has 1 spiro atoms. The normalized spacial score (nSPS) is 33.6. The molecule has 0 bridgehead atoms. The van der Waals surface area contributed by atoms with E-state index in [0.717, 1.165) is 18.6 Å². The van der Waals surface area contributed by atoms with E-state index in [1.54, 1.807) is 11.8 Å². The molecule has 2 N–H and O–H groups in total. The zero-order chi connectivity index (χ0) is 7.90. The third kappa shape index (κ3) is 1.14. The molecule has 0 aromatic heterocycles. The van der Waals surface area contributed by atoms with Gasteiger partial charge in [-0.05, 0) is 19.3 Å². The van der Waals surface area contributed by atoms with Crippen molar-refractivity contribution in [3.63, 3.8) is 0 Å². The van der Waals surface area contributed by atoms with E-state index in [9.17, 15) is 4.79 Å². The lowest BCUT2D eigenvalue weighted by molar-refractivity contribution is -0.139. The Hall–Kier alpha value is -0.220. The minimum Gasteiger partial charge on any atom is -0.480 e. The van der Waals surface area contributed by atoms with Gasteiger partial charge in [-0.1, -0.05) is 0 Å². The number of aliphatic carboxylic acids is 1. The zero-order valence-electron chi connectivity index (χ0n) is 6.17. The molecule has 2 fully saturated rings. The Balaban J connectivity index is 1.98. The highest BCUT2D eigenvalue weighted by atomic mass is 32.2. The van der Waals surface area contributed by atoms with Crippen molar-refractivity contribution in [1.82, 2.24) is 5.32 Å². The molecule has 1 saturated carbocycles. The Morgan fingerprint density at radius 3 is 2.64 bits per heavy atom. The summed E-state index contributed by atoms with van der Waals surface area (Å²) in [5.41, 5.74) is 0. The molecule has 11 heavy (non-hydrogen) atoms. The van der Waals surface area contributed by atoms with Gasteiger partial charge in [-0.15, -0.1) is 11.8 Å². The molecular formula is C7H11NO2S. The van der Waals surface area contributed by atoms with Crippen LogP contribution in [0.2, 0.25) is 0 Å². The van der Waals surface area contributed by atoms with Gasteiger partial charge in [0.2, 0.25) is 0 Å². The van der Waals surface area contributed by atoms with Gasteiger partial charge in [-0.3, -0.25) is 10.1 Å². The van der Waals surface area contributed by atoms with E-state index in [4.69, 9.17) is 5.11 Å². The van der Waals surface area contributed by atoms with Gasteiger partial charge in [0.05, 0.1) is 4.87 Å². The average molecular weight is 173 g/mol. The largest absolute Gasteiger partial charge is 0.480 e. The number of carbonyl (C=O) groups is 1. The Bertz CT molecular complexity index is 191. The second-order valence-corrected chi connectivity index (χ2v) is 4.60. The van der Waals surface area contributed by atoms with Crippen molar-refractivity contribution in [2.45, 2.75) is 30.2 Å². The highest BCUT2D eigenvalue weighted by Crippen LogP contribution is 2.45. The van der Waals surface area contributed by atoms with Gasteiger partial charge in [-0.25, -0.2) is 0 Å². The summed E-state index contributed by atoms with van der Waals surface area (Å²) < 4.78 is 0. The summed E-state index contributed by atoms with van der Waals surface area (Å²) in [5.74, 6) is 0.0243. The van der Waals surface area contributed by atoms with Crippen molar-refractivity contribution in [2.75, 3.05) is 5.75 Å². The van der Waals surface area contributed by atoms with Crippen LogP contribution >= 0.6 is 11.8 Å². The van der Waals surface area contributed by atoms with Crippen LogP contribution in [0.5, 0.6) is 0 Å². The lowest BCUT2D eigenvalue weighted by Crippen LogP contribution is -2.49.